The van der Waals surface area contributed by atoms with Gasteiger partial charge in [-0.3, -0.25) is 4.79 Å². The third-order valence-corrected chi connectivity index (χ3v) is 4.98. The summed E-state index contributed by atoms with van der Waals surface area (Å²) in [5.41, 5.74) is 2.41. The van der Waals surface area contributed by atoms with Crippen LogP contribution in [-0.4, -0.2) is 41.0 Å². The molecule has 0 saturated carbocycles. The molecule has 0 bridgehead atoms. The molecule has 1 unspecified atom stereocenters. The first kappa shape index (κ1) is 17.3. The number of nitrogens with one attached hydrogen (secondary N) is 4. The molecule has 4 rings (SSSR count). The molecule has 3 heterocycles. The van der Waals surface area contributed by atoms with Gasteiger partial charge in [0.1, 0.15) is 5.69 Å². The Bertz CT molecular complexity index is 981. The fourth-order valence-electron chi connectivity index (χ4n) is 3.54. The van der Waals surface area contributed by atoms with Crippen molar-refractivity contribution in [3.63, 3.8) is 0 Å². The lowest BCUT2D eigenvalue weighted by Gasteiger charge is -2.08. The molecule has 1 atom stereocenters. The summed E-state index contributed by atoms with van der Waals surface area (Å²) in [7, 11) is 0. The van der Waals surface area contributed by atoms with Gasteiger partial charge in [-0.15, -0.1) is 0 Å². The van der Waals surface area contributed by atoms with E-state index in [-0.39, 0.29) is 18.0 Å². The second-order valence-corrected chi connectivity index (χ2v) is 6.94. The highest BCUT2D eigenvalue weighted by Gasteiger charge is 2.18. The normalized spacial score (nSPS) is 16.4. The Labute approximate surface area is 156 Å². The lowest BCUT2D eigenvalue weighted by molar-refractivity contribution is 0.0948. The number of fused-ring (bicyclic) bond motifs is 3. The van der Waals surface area contributed by atoms with E-state index in [0.29, 0.717) is 18.8 Å². The number of amides is 3. The number of rotatable bonds is 7. The highest BCUT2D eigenvalue weighted by molar-refractivity contribution is 6.09. The van der Waals surface area contributed by atoms with E-state index in [0.717, 1.165) is 47.5 Å². The molecule has 1 aliphatic heterocycles. The molecule has 4 N–H and O–H groups in total. The highest BCUT2D eigenvalue weighted by atomic mass is 16.2. The summed E-state index contributed by atoms with van der Waals surface area (Å²) in [6.07, 6.45) is 5.64. The Morgan fingerprint density at radius 3 is 2.89 bits per heavy atom. The van der Waals surface area contributed by atoms with Crippen molar-refractivity contribution >= 4 is 33.7 Å². The van der Waals surface area contributed by atoms with Crippen LogP contribution in [0.5, 0.6) is 0 Å². The maximum Gasteiger partial charge on any atom is 0.315 e. The van der Waals surface area contributed by atoms with Crippen molar-refractivity contribution in [1.82, 2.24) is 25.9 Å². The second kappa shape index (κ2) is 7.65. The van der Waals surface area contributed by atoms with Crippen LogP contribution >= 0.6 is 0 Å². The van der Waals surface area contributed by atoms with Crippen molar-refractivity contribution in [2.24, 2.45) is 0 Å². The van der Waals surface area contributed by atoms with Crippen molar-refractivity contribution in [3.05, 3.63) is 42.2 Å². The molecule has 3 amide bonds. The first-order valence-electron chi connectivity index (χ1n) is 9.40. The predicted molar refractivity (Wildman–Crippen MR) is 105 cm³/mol. The average molecular weight is 365 g/mol. The van der Waals surface area contributed by atoms with E-state index in [1.807, 2.05) is 30.3 Å². The fraction of sp³-hybridized carbons (Fsp3) is 0.350. The first-order chi connectivity index (χ1) is 13.2. The SMILES string of the molecule is O=C1NCC(CCCCCNC(=O)c2cc3c(cn2)[nH]c2ccccc23)N1. The molecule has 2 aromatic heterocycles. The second-order valence-electron chi connectivity index (χ2n) is 6.94. The Morgan fingerprint density at radius 2 is 2.04 bits per heavy atom. The van der Waals surface area contributed by atoms with Crippen LogP contribution < -0.4 is 16.0 Å². The standard InChI is InChI=1S/C20H23N5O2/c26-19(21-9-5-1-2-6-13-11-23-20(27)24-13)17-10-15-14-7-3-4-8-16(14)25-18(15)12-22-17/h3-4,7-8,10,12-13,25H,1-2,5-6,9,11H2,(H,21,26)(H2,23,24,27). The number of urea groups is 1. The van der Waals surface area contributed by atoms with Gasteiger partial charge in [-0.1, -0.05) is 31.0 Å². The number of benzene rings is 1. The van der Waals surface area contributed by atoms with E-state index in [4.69, 9.17) is 0 Å². The van der Waals surface area contributed by atoms with Gasteiger partial charge in [0.05, 0.1) is 11.7 Å². The van der Waals surface area contributed by atoms with Gasteiger partial charge in [0, 0.05) is 35.4 Å². The van der Waals surface area contributed by atoms with Crippen LogP contribution in [0.25, 0.3) is 21.8 Å². The molecule has 1 saturated heterocycles. The smallest absolute Gasteiger partial charge is 0.315 e. The van der Waals surface area contributed by atoms with Gasteiger partial charge >= 0.3 is 6.03 Å². The van der Waals surface area contributed by atoms with Gasteiger partial charge in [-0.25, -0.2) is 9.78 Å². The number of aromatic nitrogens is 2. The zero-order chi connectivity index (χ0) is 18.6. The molecular weight excluding hydrogens is 342 g/mol. The molecule has 1 aliphatic rings. The van der Waals surface area contributed by atoms with E-state index in [9.17, 15) is 9.59 Å². The molecule has 27 heavy (non-hydrogen) atoms. The Balaban J connectivity index is 1.27. The van der Waals surface area contributed by atoms with Gasteiger partial charge in [-0.2, -0.15) is 0 Å². The summed E-state index contributed by atoms with van der Waals surface area (Å²) in [6.45, 7) is 1.33. The molecule has 140 valence electrons. The van der Waals surface area contributed by atoms with Crippen molar-refractivity contribution in [1.29, 1.82) is 0 Å². The Morgan fingerprint density at radius 1 is 1.15 bits per heavy atom. The minimum Gasteiger partial charge on any atom is -0.353 e. The minimum absolute atomic E-state index is 0.0769. The lowest BCUT2D eigenvalue weighted by atomic mass is 10.1. The van der Waals surface area contributed by atoms with Crippen LogP contribution in [0, 0.1) is 0 Å². The van der Waals surface area contributed by atoms with Gasteiger partial charge in [0.15, 0.2) is 0 Å². The minimum atomic E-state index is -0.144. The first-order valence-corrected chi connectivity index (χ1v) is 9.40. The van der Waals surface area contributed by atoms with Crippen LogP contribution in [0.2, 0.25) is 0 Å². The average Bonchev–Trinajstić information content (AvgIpc) is 3.27. The third-order valence-electron chi connectivity index (χ3n) is 4.98. The molecule has 0 aliphatic carbocycles. The summed E-state index contributed by atoms with van der Waals surface area (Å²) >= 11 is 0. The van der Waals surface area contributed by atoms with Crippen molar-refractivity contribution in [2.75, 3.05) is 13.1 Å². The van der Waals surface area contributed by atoms with Gasteiger partial charge in [-0.05, 0) is 25.0 Å². The number of para-hydroxylation sites is 1. The Hall–Kier alpha value is -3.09. The number of H-pyrrole nitrogens is 1. The van der Waals surface area contributed by atoms with Gasteiger partial charge < -0.3 is 20.9 Å². The van der Waals surface area contributed by atoms with Crippen LogP contribution in [0.4, 0.5) is 4.79 Å². The third kappa shape index (κ3) is 3.86. The van der Waals surface area contributed by atoms with Crippen LogP contribution in [0.15, 0.2) is 36.5 Å². The number of aromatic amines is 1. The van der Waals surface area contributed by atoms with Gasteiger partial charge in [0.2, 0.25) is 0 Å². The summed E-state index contributed by atoms with van der Waals surface area (Å²) in [5, 5.41) is 10.7. The van der Waals surface area contributed by atoms with E-state index in [1.54, 1.807) is 6.20 Å². The predicted octanol–water partition coefficient (Wildman–Crippen LogP) is 2.69. The van der Waals surface area contributed by atoms with Crippen LogP contribution in [0.1, 0.15) is 36.2 Å². The quantitative estimate of drug-likeness (QED) is 0.485. The van der Waals surface area contributed by atoms with E-state index < -0.39 is 0 Å². The number of nitrogens with zero attached hydrogens (tertiary/aromatic N) is 1. The zero-order valence-corrected chi connectivity index (χ0v) is 15.0. The van der Waals surface area contributed by atoms with Crippen LogP contribution in [0.3, 0.4) is 0 Å². The number of pyridine rings is 1. The summed E-state index contributed by atoms with van der Waals surface area (Å²) in [4.78, 5) is 31.0. The number of hydrogen-bond donors (Lipinski definition) is 4. The summed E-state index contributed by atoms with van der Waals surface area (Å²) in [5.74, 6) is -0.144. The summed E-state index contributed by atoms with van der Waals surface area (Å²) < 4.78 is 0. The summed E-state index contributed by atoms with van der Waals surface area (Å²) in [6, 6.07) is 10.0. The highest BCUT2D eigenvalue weighted by Crippen LogP contribution is 2.24. The number of unbranched alkanes of at least 4 members (excludes halogenated alkanes) is 2. The molecule has 0 spiro atoms. The number of carbonyl (C=O) groups is 2. The molecule has 1 aromatic carbocycles. The van der Waals surface area contributed by atoms with Gasteiger partial charge in [0.25, 0.3) is 5.91 Å². The molecular formula is C20H23N5O2. The topological polar surface area (TPSA) is 98.9 Å². The maximum atomic E-state index is 12.4. The van der Waals surface area contributed by atoms with Crippen molar-refractivity contribution in [3.8, 4) is 0 Å². The maximum absolute atomic E-state index is 12.4. The molecule has 3 aromatic rings. The van der Waals surface area contributed by atoms with Crippen molar-refractivity contribution in [2.45, 2.75) is 31.7 Å². The van der Waals surface area contributed by atoms with E-state index >= 15 is 0 Å². The monoisotopic (exact) mass is 365 g/mol. The molecule has 0 radical (unpaired) electrons. The molecule has 7 nitrogen and oxygen atoms in total. The Kier molecular flexibility index (Phi) is 4.91. The fourth-order valence-corrected chi connectivity index (χ4v) is 3.54. The molecule has 1 fully saturated rings. The van der Waals surface area contributed by atoms with E-state index in [2.05, 4.69) is 25.9 Å². The zero-order valence-electron chi connectivity index (χ0n) is 15.0. The number of carbonyl (C=O) groups excluding carboxylic acids is 2. The van der Waals surface area contributed by atoms with Crippen molar-refractivity contribution < 1.29 is 9.59 Å². The molecule has 7 heteroatoms. The largest absolute Gasteiger partial charge is 0.353 e. The number of hydrogen-bond acceptors (Lipinski definition) is 3. The van der Waals surface area contributed by atoms with E-state index in [1.165, 1.54) is 0 Å². The lowest BCUT2D eigenvalue weighted by Crippen LogP contribution is -2.27. The van der Waals surface area contributed by atoms with Crippen LogP contribution in [-0.2, 0) is 0 Å².